The predicted octanol–water partition coefficient (Wildman–Crippen LogP) is -1.38. The maximum Gasteiger partial charge on any atom is 0.328 e. The number of ether oxygens (including phenoxy) is 1. The Morgan fingerprint density at radius 3 is 2.94 bits per heavy atom. The summed E-state index contributed by atoms with van der Waals surface area (Å²) in [4.78, 5) is 34.9. The smallest absolute Gasteiger partial charge is 0.328 e. The molecule has 1 aliphatic heterocycles. The molecule has 1 unspecified atom stereocenters. The van der Waals surface area contributed by atoms with Crippen LogP contribution in [0.2, 0.25) is 0 Å². The minimum Gasteiger partial charge on any atom is -0.480 e. The van der Waals surface area contributed by atoms with Crippen molar-refractivity contribution in [1.82, 2.24) is 15.5 Å². The molecule has 0 aromatic heterocycles. The van der Waals surface area contributed by atoms with Gasteiger partial charge in [0.15, 0.2) is 0 Å². The summed E-state index contributed by atoms with van der Waals surface area (Å²) in [5.41, 5.74) is 0. The third-order valence-corrected chi connectivity index (χ3v) is 2.53. The number of hydrogen-bond donors (Lipinski definition) is 3. The van der Waals surface area contributed by atoms with Crippen molar-refractivity contribution in [3.05, 3.63) is 0 Å². The van der Waals surface area contributed by atoms with Crippen molar-refractivity contribution < 1.29 is 24.2 Å². The topological polar surface area (TPSA) is 108 Å². The number of amides is 3. The molecular formula is C10H17N3O5. The van der Waals surface area contributed by atoms with E-state index in [0.29, 0.717) is 19.6 Å². The monoisotopic (exact) mass is 259 g/mol. The summed E-state index contributed by atoms with van der Waals surface area (Å²) in [6.07, 6.45) is 0.625. The van der Waals surface area contributed by atoms with Gasteiger partial charge in [-0.1, -0.05) is 0 Å². The second-order valence-electron chi connectivity index (χ2n) is 3.86. The minimum atomic E-state index is -1.14. The molecule has 102 valence electrons. The molecule has 0 bridgehead atoms. The molecule has 0 spiro atoms. The zero-order valence-corrected chi connectivity index (χ0v) is 10.1. The Balaban J connectivity index is 2.50. The first-order chi connectivity index (χ1) is 8.56. The van der Waals surface area contributed by atoms with E-state index in [1.54, 1.807) is 7.11 Å². The average molecular weight is 259 g/mol. The summed E-state index contributed by atoms with van der Waals surface area (Å²) in [5.74, 6) is -1.50. The van der Waals surface area contributed by atoms with Crippen LogP contribution in [0.1, 0.15) is 6.42 Å². The maximum atomic E-state index is 11.8. The lowest BCUT2D eigenvalue weighted by Gasteiger charge is -2.32. The van der Waals surface area contributed by atoms with E-state index in [1.807, 2.05) is 0 Å². The molecule has 1 saturated heterocycles. The summed E-state index contributed by atoms with van der Waals surface area (Å²) < 4.78 is 4.82. The zero-order chi connectivity index (χ0) is 13.5. The number of carboxylic acids is 1. The molecule has 1 heterocycles. The fourth-order valence-corrected chi connectivity index (χ4v) is 1.59. The number of urea groups is 1. The van der Waals surface area contributed by atoms with Crippen molar-refractivity contribution in [1.29, 1.82) is 0 Å². The van der Waals surface area contributed by atoms with Gasteiger partial charge in [0.05, 0.1) is 0 Å². The molecule has 0 aromatic rings. The standard InChI is InChI=1S/C10H17N3O5/c1-18-4-2-3-11-10(17)13-6-8(14)12-5-7(13)9(15)16/h7H,2-6H2,1H3,(H,11,17)(H,12,14)(H,15,16). The normalized spacial score (nSPS) is 19.3. The van der Waals surface area contributed by atoms with Gasteiger partial charge in [-0.05, 0) is 6.42 Å². The second-order valence-corrected chi connectivity index (χ2v) is 3.86. The van der Waals surface area contributed by atoms with Gasteiger partial charge in [-0.3, -0.25) is 9.69 Å². The lowest BCUT2D eigenvalue weighted by atomic mass is 10.2. The van der Waals surface area contributed by atoms with Crippen molar-refractivity contribution in [2.45, 2.75) is 12.5 Å². The van der Waals surface area contributed by atoms with Crippen LogP contribution in [0.4, 0.5) is 4.79 Å². The first kappa shape index (κ1) is 14.2. The molecule has 0 radical (unpaired) electrons. The molecule has 1 aliphatic rings. The molecule has 1 rings (SSSR count). The van der Waals surface area contributed by atoms with E-state index in [1.165, 1.54) is 0 Å². The number of carboxylic acid groups (broad SMARTS) is 1. The summed E-state index contributed by atoms with van der Waals surface area (Å²) in [6.45, 7) is 0.562. The van der Waals surface area contributed by atoms with Gasteiger partial charge in [-0.2, -0.15) is 0 Å². The van der Waals surface area contributed by atoms with Crippen molar-refractivity contribution >= 4 is 17.9 Å². The largest absolute Gasteiger partial charge is 0.480 e. The minimum absolute atomic E-state index is 0.0698. The SMILES string of the molecule is COCCCNC(=O)N1CC(=O)NCC1C(=O)O. The Morgan fingerprint density at radius 2 is 2.33 bits per heavy atom. The highest BCUT2D eigenvalue weighted by atomic mass is 16.5. The van der Waals surface area contributed by atoms with Gasteiger partial charge in [0.25, 0.3) is 0 Å². The second kappa shape index (κ2) is 6.80. The predicted molar refractivity (Wildman–Crippen MR) is 61.0 cm³/mol. The number of piperazine rings is 1. The third kappa shape index (κ3) is 3.88. The molecule has 3 N–H and O–H groups in total. The van der Waals surface area contributed by atoms with Gasteiger partial charge >= 0.3 is 12.0 Å². The van der Waals surface area contributed by atoms with E-state index in [0.717, 1.165) is 4.90 Å². The van der Waals surface area contributed by atoms with Crippen LogP contribution in [0.3, 0.4) is 0 Å². The van der Waals surface area contributed by atoms with Crippen LogP contribution in [-0.4, -0.2) is 67.3 Å². The zero-order valence-electron chi connectivity index (χ0n) is 10.1. The number of aliphatic carboxylic acids is 1. The van der Waals surface area contributed by atoms with Crippen molar-refractivity contribution in [3.63, 3.8) is 0 Å². The summed E-state index contributed by atoms with van der Waals surface area (Å²) in [7, 11) is 1.55. The summed E-state index contributed by atoms with van der Waals surface area (Å²) in [5, 5.41) is 13.9. The average Bonchev–Trinajstić information content (AvgIpc) is 2.34. The fourth-order valence-electron chi connectivity index (χ4n) is 1.59. The Morgan fingerprint density at radius 1 is 1.61 bits per heavy atom. The van der Waals surface area contributed by atoms with Gasteiger partial charge in [-0.15, -0.1) is 0 Å². The lowest BCUT2D eigenvalue weighted by Crippen LogP contribution is -2.61. The highest BCUT2D eigenvalue weighted by Crippen LogP contribution is 2.04. The van der Waals surface area contributed by atoms with Gasteiger partial charge < -0.3 is 20.5 Å². The number of carbonyl (C=O) groups excluding carboxylic acids is 2. The number of nitrogens with zero attached hydrogens (tertiary/aromatic N) is 1. The molecule has 8 nitrogen and oxygen atoms in total. The molecule has 0 saturated carbocycles. The molecule has 1 atom stereocenters. The van der Waals surface area contributed by atoms with Gasteiger partial charge in [0.1, 0.15) is 12.6 Å². The Kier molecular flexibility index (Phi) is 5.37. The van der Waals surface area contributed by atoms with Gasteiger partial charge in [0.2, 0.25) is 5.91 Å². The summed E-state index contributed by atoms with van der Waals surface area (Å²) in [6, 6.07) is -1.57. The van der Waals surface area contributed by atoms with Crippen molar-refractivity contribution in [3.8, 4) is 0 Å². The molecule has 3 amide bonds. The number of nitrogens with one attached hydrogen (secondary N) is 2. The summed E-state index contributed by atoms with van der Waals surface area (Å²) >= 11 is 0. The Bertz CT molecular complexity index is 333. The van der Waals surface area contributed by atoms with Gasteiger partial charge in [-0.25, -0.2) is 9.59 Å². The maximum absolute atomic E-state index is 11.8. The van der Waals surface area contributed by atoms with Crippen LogP contribution >= 0.6 is 0 Å². The quantitative estimate of drug-likeness (QED) is 0.527. The van der Waals surface area contributed by atoms with Crippen LogP contribution in [0.15, 0.2) is 0 Å². The molecule has 1 fully saturated rings. The molecule has 0 aliphatic carbocycles. The third-order valence-electron chi connectivity index (χ3n) is 2.53. The highest BCUT2D eigenvalue weighted by molar-refractivity contribution is 5.90. The molecule has 8 heteroatoms. The lowest BCUT2D eigenvalue weighted by molar-refractivity contribution is -0.144. The number of rotatable bonds is 5. The van der Waals surface area contributed by atoms with Crippen molar-refractivity contribution in [2.75, 3.05) is 33.4 Å². The van der Waals surface area contributed by atoms with Crippen molar-refractivity contribution in [2.24, 2.45) is 0 Å². The Hall–Kier alpha value is -1.83. The van der Waals surface area contributed by atoms with E-state index in [-0.39, 0.29) is 19.0 Å². The molecular weight excluding hydrogens is 242 g/mol. The van der Waals surface area contributed by atoms with Crippen LogP contribution in [-0.2, 0) is 14.3 Å². The van der Waals surface area contributed by atoms with Crippen LogP contribution < -0.4 is 10.6 Å². The highest BCUT2D eigenvalue weighted by Gasteiger charge is 2.34. The Labute approximate surface area is 104 Å². The van der Waals surface area contributed by atoms with E-state index in [9.17, 15) is 14.4 Å². The number of methoxy groups -OCH3 is 1. The van der Waals surface area contributed by atoms with Crippen LogP contribution in [0.25, 0.3) is 0 Å². The van der Waals surface area contributed by atoms with Crippen LogP contribution in [0.5, 0.6) is 0 Å². The molecule has 0 aromatic carbocycles. The molecule has 18 heavy (non-hydrogen) atoms. The first-order valence-corrected chi connectivity index (χ1v) is 5.59. The van der Waals surface area contributed by atoms with Crippen LogP contribution in [0, 0.1) is 0 Å². The van der Waals surface area contributed by atoms with Gasteiger partial charge in [0, 0.05) is 26.8 Å². The fraction of sp³-hybridized carbons (Fsp3) is 0.700. The first-order valence-electron chi connectivity index (χ1n) is 5.59. The number of carbonyl (C=O) groups is 3. The van der Waals surface area contributed by atoms with E-state index < -0.39 is 18.0 Å². The van der Waals surface area contributed by atoms with E-state index in [4.69, 9.17) is 9.84 Å². The van der Waals surface area contributed by atoms with E-state index >= 15 is 0 Å². The van der Waals surface area contributed by atoms with E-state index in [2.05, 4.69) is 10.6 Å². The number of hydrogen-bond acceptors (Lipinski definition) is 4.